The highest BCUT2D eigenvalue weighted by atomic mass is 32.1. The van der Waals surface area contributed by atoms with Crippen molar-refractivity contribution < 1.29 is 14.1 Å². The molecule has 5 rings (SSSR count). The van der Waals surface area contributed by atoms with Crippen LogP contribution in [0.2, 0.25) is 0 Å². The summed E-state index contributed by atoms with van der Waals surface area (Å²) in [5, 5.41) is 23.7. The van der Waals surface area contributed by atoms with Gasteiger partial charge in [-0.2, -0.15) is 5.26 Å². The molecule has 0 unspecified atom stereocenters. The van der Waals surface area contributed by atoms with Crippen molar-refractivity contribution >= 4 is 40.3 Å². The van der Waals surface area contributed by atoms with Gasteiger partial charge in [-0.15, -0.1) is 11.3 Å². The van der Waals surface area contributed by atoms with E-state index in [2.05, 4.69) is 5.32 Å². The number of aromatic nitrogens is 1. The van der Waals surface area contributed by atoms with E-state index in [-0.39, 0.29) is 20.5 Å². The van der Waals surface area contributed by atoms with E-state index in [4.69, 9.17) is 4.42 Å². The number of thiazole rings is 1. The third-order valence-corrected chi connectivity index (χ3v) is 7.14. The molecule has 0 aliphatic carbocycles. The average molecular weight is 549 g/mol. The van der Waals surface area contributed by atoms with Gasteiger partial charge in [-0.1, -0.05) is 36.4 Å². The number of nitrogens with one attached hydrogen (secondary N) is 1. The summed E-state index contributed by atoms with van der Waals surface area (Å²) in [5.41, 5.74) is 1.86. The third-order valence-electron chi connectivity index (χ3n) is 6.05. The number of carbonyl (C=O) groups excluding carboxylic acids is 1. The minimum absolute atomic E-state index is 0.0364. The molecule has 0 radical (unpaired) electrons. The number of hydrogen-bond acceptors (Lipinski definition) is 7. The summed E-state index contributed by atoms with van der Waals surface area (Å²) in [7, 11) is 0. The normalized spacial score (nSPS) is 12.1. The van der Waals surface area contributed by atoms with Crippen LogP contribution in [0.4, 0.5) is 11.4 Å². The standard InChI is InChI=1S/C30H20N4O5S/c1-19-7-5-6-10-25(19)32-28(35)24(18-31)30-33(21-8-3-2-4-9-21)29(36)27(40-30)17-23-15-16-26(39-23)20-11-13-22(14-12-20)34(37)38/h2-17H,1H3,(H,32,35). The first-order chi connectivity index (χ1) is 19.4. The summed E-state index contributed by atoms with van der Waals surface area (Å²) >= 11 is 1.00. The molecule has 5 aromatic rings. The summed E-state index contributed by atoms with van der Waals surface area (Å²) in [6.07, 6.45) is 1.54. The zero-order valence-electron chi connectivity index (χ0n) is 21.0. The van der Waals surface area contributed by atoms with Crippen LogP contribution in [0.25, 0.3) is 28.7 Å². The smallest absolute Gasteiger partial charge is 0.273 e. The van der Waals surface area contributed by atoms with Crippen molar-refractivity contribution in [3.63, 3.8) is 0 Å². The van der Waals surface area contributed by atoms with Crippen LogP contribution in [-0.4, -0.2) is 15.4 Å². The number of non-ortho nitro benzene ring substituents is 1. The minimum atomic E-state index is -0.632. The number of rotatable bonds is 6. The number of nitrogens with zero attached hydrogens (tertiary/aromatic N) is 3. The number of para-hydroxylation sites is 2. The topological polar surface area (TPSA) is 131 Å². The van der Waals surface area contributed by atoms with E-state index in [0.29, 0.717) is 28.5 Å². The number of furan rings is 1. The number of nitro benzene ring substituents is 1. The van der Waals surface area contributed by atoms with Crippen LogP contribution in [0, 0.1) is 28.4 Å². The largest absolute Gasteiger partial charge is 0.457 e. The predicted molar refractivity (Wildman–Crippen MR) is 152 cm³/mol. The van der Waals surface area contributed by atoms with Crippen LogP contribution >= 0.6 is 11.3 Å². The maximum Gasteiger partial charge on any atom is 0.273 e. The second kappa shape index (κ2) is 11.1. The van der Waals surface area contributed by atoms with Crippen LogP contribution in [0.1, 0.15) is 11.3 Å². The average Bonchev–Trinajstić information content (AvgIpc) is 3.55. The molecule has 10 heteroatoms. The Kier molecular flexibility index (Phi) is 7.22. The summed E-state index contributed by atoms with van der Waals surface area (Å²) < 4.78 is 7.66. The van der Waals surface area contributed by atoms with Gasteiger partial charge in [0, 0.05) is 29.5 Å². The van der Waals surface area contributed by atoms with Crippen LogP contribution in [0.15, 0.2) is 100 Å². The minimum Gasteiger partial charge on any atom is -0.457 e. The Morgan fingerprint density at radius 1 is 1.02 bits per heavy atom. The highest BCUT2D eigenvalue weighted by Crippen LogP contribution is 2.24. The fraction of sp³-hybridized carbons (Fsp3) is 0.0333. The number of hydrogen-bond donors (Lipinski definition) is 1. The lowest BCUT2D eigenvalue weighted by Gasteiger charge is -2.08. The first kappa shape index (κ1) is 26.1. The Morgan fingerprint density at radius 3 is 2.40 bits per heavy atom. The molecule has 0 saturated heterocycles. The number of nitro groups is 1. The van der Waals surface area contributed by atoms with E-state index in [9.17, 15) is 25.0 Å². The van der Waals surface area contributed by atoms with Gasteiger partial charge in [-0.3, -0.25) is 24.3 Å². The summed E-state index contributed by atoms with van der Waals surface area (Å²) in [5.74, 6) is 0.192. The molecule has 0 aliphatic rings. The summed E-state index contributed by atoms with van der Waals surface area (Å²) in [4.78, 5) is 37.3. The van der Waals surface area contributed by atoms with E-state index in [1.54, 1.807) is 72.8 Å². The highest BCUT2D eigenvalue weighted by molar-refractivity contribution is 7.07. The molecular weight excluding hydrogens is 528 g/mol. The molecule has 2 aromatic heterocycles. The Labute approximate surface area is 231 Å². The molecule has 40 heavy (non-hydrogen) atoms. The van der Waals surface area contributed by atoms with E-state index in [1.165, 1.54) is 16.7 Å². The van der Waals surface area contributed by atoms with Gasteiger partial charge >= 0.3 is 0 Å². The lowest BCUT2D eigenvalue weighted by molar-refractivity contribution is -0.384. The molecule has 0 atom stereocenters. The molecule has 3 aromatic carbocycles. The first-order valence-electron chi connectivity index (χ1n) is 12.0. The monoisotopic (exact) mass is 548 g/mol. The third kappa shape index (κ3) is 5.22. The predicted octanol–water partition coefficient (Wildman–Crippen LogP) is 4.52. The van der Waals surface area contributed by atoms with E-state index >= 15 is 0 Å². The van der Waals surface area contributed by atoms with Crippen LogP contribution < -0.4 is 20.1 Å². The zero-order valence-corrected chi connectivity index (χ0v) is 21.8. The molecule has 9 nitrogen and oxygen atoms in total. The highest BCUT2D eigenvalue weighted by Gasteiger charge is 2.18. The van der Waals surface area contributed by atoms with Crippen molar-refractivity contribution in [1.29, 1.82) is 5.26 Å². The van der Waals surface area contributed by atoms with Crippen molar-refractivity contribution in [2.24, 2.45) is 0 Å². The SMILES string of the molecule is Cc1ccccc1NC(=O)C(C#N)=c1sc(=Cc2ccc(-c3ccc([N+](=O)[O-])cc3)o2)c(=O)n1-c1ccccc1. The van der Waals surface area contributed by atoms with E-state index in [1.807, 2.05) is 25.1 Å². The van der Waals surface area contributed by atoms with Crippen molar-refractivity contribution in [3.05, 3.63) is 132 Å². The zero-order chi connectivity index (χ0) is 28.2. The fourth-order valence-electron chi connectivity index (χ4n) is 4.02. The van der Waals surface area contributed by atoms with Crippen molar-refractivity contribution in [2.45, 2.75) is 6.92 Å². The van der Waals surface area contributed by atoms with Crippen LogP contribution in [0.3, 0.4) is 0 Å². The van der Waals surface area contributed by atoms with Crippen molar-refractivity contribution in [3.8, 4) is 23.1 Å². The van der Waals surface area contributed by atoms with Crippen LogP contribution in [0.5, 0.6) is 0 Å². The Morgan fingerprint density at radius 2 is 1.73 bits per heavy atom. The quantitative estimate of drug-likeness (QED) is 0.245. The van der Waals surface area contributed by atoms with Gasteiger partial charge in [0.25, 0.3) is 17.2 Å². The summed E-state index contributed by atoms with van der Waals surface area (Å²) in [6, 6.07) is 27.2. The fourth-order valence-corrected chi connectivity index (χ4v) is 5.10. The molecule has 196 valence electrons. The van der Waals surface area contributed by atoms with Gasteiger partial charge in [0.15, 0.2) is 5.57 Å². The lowest BCUT2D eigenvalue weighted by atomic mass is 10.1. The maximum atomic E-state index is 13.6. The first-order valence-corrected chi connectivity index (χ1v) is 12.8. The number of aryl methyl sites for hydroxylation is 1. The molecular formula is C30H20N4O5S. The molecule has 0 saturated carbocycles. The second-order valence-corrected chi connectivity index (χ2v) is 9.68. The van der Waals surface area contributed by atoms with Gasteiger partial charge in [-0.05, 0) is 55.0 Å². The maximum absolute atomic E-state index is 13.6. The number of benzene rings is 3. The Hall–Kier alpha value is -5.53. The second-order valence-electron chi connectivity index (χ2n) is 8.65. The van der Waals surface area contributed by atoms with Gasteiger partial charge < -0.3 is 9.73 Å². The Bertz CT molecular complexity index is 1960. The van der Waals surface area contributed by atoms with Crippen LogP contribution in [-0.2, 0) is 4.79 Å². The van der Waals surface area contributed by atoms with E-state index in [0.717, 1.165) is 16.9 Å². The number of anilines is 1. The molecule has 1 N–H and O–H groups in total. The molecule has 1 amide bonds. The van der Waals surface area contributed by atoms with E-state index < -0.39 is 16.4 Å². The van der Waals surface area contributed by atoms with Crippen molar-refractivity contribution in [2.75, 3.05) is 5.32 Å². The molecule has 0 spiro atoms. The molecule has 0 fully saturated rings. The Balaban J connectivity index is 1.63. The summed E-state index contributed by atoms with van der Waals surface area (Å²) in [6.45, 7) is 1.84. The lowest BCUT2D eigenvalue weighted by Crippen LogP contribution is -2.32. The van der Waals surface area contributed by atoms with Gasteiger partial charge in [0.2, 0.25) is 0 Å². The van der Waals surface area contributed by atoms with Crippen molar-refractivity contribution in [1.82, 2.24) is 4.57 Å². The number of carbonyl (C=O) groups is 1. The van der Waals surface area contributed by atoms with Gasteiger partial charge in [-0.25, -0.2) is 0 Å². The molecule has 0 bridgehead atoms. The number of amides is 1. The molecule has 0 aliphatic heterocycles. The molecule has 2 heterocycles. The van der Waals surface area contributed by atoms with Gasteiger partial charge in [0.05, 0.1) is 15.1 Å². The number of nitriles is 1. The van der Waals surface area contributed by atoms with Gasteiger partial charge in [0.1, 0.15) is 22.3 Å².